The fraction of sp³-hybridized carbons (Fsp3) is 0.562. The van der Waals surface area contributed by atoms with E-state index >= 15 is 0 Å². The molecule has 1 heterocycles. The van der Waals surface area contributed by atoms with Gasteiger partial charge in [0.05, 0.1) is 0 Å². The molecule has 1 aromatic rings. The van der Waals surface area contributed by atoms with Crippen molar-refractivity contribution in [1.29, 1.82) is 0 Å². The van der Waals surface area contributed by atoms with Crippen LogP contribution >= 0.6 is 0 Å². The molecule has 0 atom stereocenters. The number of aryl methyl sites for hydroxylation is 1. The Hall–Kier alpha value is -1.35. The quantitative estimate of drug-likeness (QED) is 0.880. The second-order valence-electron chi connectivity index (χ2n) is 5.20. The lowest BCUT2D eigenvalue weighted by molar-refractivity contribution is -0.132. The van der Waals surface area contributed by atoms with Gasteiger partial charge in [0, 0.05) is 25.6 Å². The van der Waals surface area contributed by atoms with Gasteiger partial charge >= 0.3 is 0 Å². The Morgan fingerprint density at radius 2 is 1.95 bits per heavy atom. The molecule has 0 aromatic heterocycles. The number of nitrogens with one attached hydrogen (secondary N) is 1. The normalized spacial score (nSPS) is 16.6. The third kappa shape index (κ3) is 4.35. The minimum Gasteiger partial charge on any atom is -0.343 e. The fourth-order valence-electron chi connectivity index (χ4n) is 2.68. The molecule has 0 saturated carbocycles. The van der Waals surface area contributed by atoms with Crippen molar-refractivity contribution >= 4 is 5.91 Å². The summed E-state index contributed by atoms with van der Waals surface area (Å²) in [6, 6.07) is 10.8. The van der Waals surface area contributed by atoms with Gasteiger partial charge in [-0.05, 0) is 31.4 Å². The Balaban J connectivity index is 1.73. The number of hydrogen-bond acceptors (Lipinski definition) is 2. The van der Waals surface area contributed by atoms with Crippen LogP contribution in [0, 0.1) is 0 Å². The van der Waals surface area contributed by atoms with Crippen LogP contribution in [0.5, 0.6) is 0 Å². The summed E-state index contributed by atoms with van der Waals surface area (Å²) < 4.78 is 0. The molecule has 104 valence electrons. The van der Waals surface area contributed by atoms with Crippen LogP contribution in [0.3, 0.4) is 0 Å². The second-order valence-corrected chi connectivity index (χ2v) is 5.20. The molecule has 0 aliphatic carbocycles. The van der Waals surface area contributed by atoms with Crippen molar-refractivity contribution in [2.75, 3.05) is 19.6 Å². The monoisotopic (exact) mass is 260 g/mol. The Morgan fingerprint density at radius 1 is 1.26 bits per heavy atom. The van der Waals surface area contributed by atoms with E-state index in [-0.39, 0.29) is 0 Å². The number of benzene rings is 1. The first kappa shape index (κ1) is 14.1. The molecule has 0 radical (unpaired) electrons. The van der Waals surface area contributed by atoms with E-state index in [2.05, 4.69) is 24.4 Å². The van der Waals surface area contributed by atoms with Gasteiger partial charge in [-0.25, -0.2) is 0 Å². The number of carbonyl (C=O) groups is 1. The van der Waals surface area contributed by atoms with Gasteiger partial charge in [-0.3, -0.25) is 4.79 Å². The first-order valence-electron chi connectivity index (χ1n) is 7.34. The van der Waals surface area contributed by atoms with Crippen LogP contribution < -0.4 is 5.32 Å². The summed E-state index contributed by atoms with van der Waals surface area (Å²) in [6.45, 7) is 4.97. The van der Waals surface area contributed by atoms with Crippen LogP contribution in [0.25, 0.3) is 0 Å². The van der Waals surface area contributed by atoms with Gasteiger partial charge in [0.15, 0.2) is 0 Å². The lowest BCUT2D eigenvalue weighted by Crippen LogP contribution is -2.44. The van der Waals surface area contributed by atoms with Gasteiger partial charge in [-0.2, -0.15) is 0 Å². The van der Waals surface area contributed by atoms with E-state index in [1.54, 1.807) is 0 Å². The summed E-state index contributed by atoms with van der Waals surface area (Å²) in [4.78, 5) is 14.2. The molecule has 19 heavy (non-hydrogen) atoms. The third-order valence-corrected chi connectivity index (χ3v) is 3.81. The molecule has 1 aliphatic heterocycles. The maximum absolute atomic E-state index is 12.1. The van der Waals surface area contributed by atoms with Gasteiger partial charge in [0.1, 0.15) is 0 Å². The number of likely N-dealkylation sites (tertiary alicyclic amines) is 1. The lowest BCUT2D eigenvalue weighted by atomic mass is 10.0. The predicted octanol–water partition coefficient (Wildman–Crippen LogP) is 2.22. The SMILES string of the molecule is CCNC1CCN(C(=O)CCc2ccccc2)CC1. The lowest BCUT2D eigenvalue weighted by Gasteiger charge is -2.32. The number of rotatable bonds is 5. The highest BCUT2D eigenvalue weighted by atomic mass is 16.2. The summed E-state index contributed by atoms with van der Waals surface area (Å²) in [5.74, 6) is 0.304. The van der Waals surface area contributed by atoms with Crippen LogP contribution in [0.2, 0.25) is 0 Å². The molecular formula is C16H24N2O. The van der Waals surface area contributed by atoms with E-state index in [0.717, 1.165) is 38.9 Å². The topological polar surface area (TPSA) is 32.3 Å². The van der Waals surface area contributed by atoms with Gasteiger partial charge < -0.3 is 10.2 Å². The zero-order valence-electron chi connectivity index (χ0n) is 11.8. The van der Waals surface area contributed by atoms with E-state index in [0.29, 0.717) is 18.4 Å². The Morgan fingerprint density at radius 3 is 2.58 bits per heavy atom. The Bertz CT molecular complexity index is 383. The zero-order valence-corrected chi connectivity index (χ0v) is 11.8. The molecule has 0 unspecified atom stereocenters. The van der Waals surface area contributed by atoms with Crippen molar-refractivity contribution in [2.24, 2.45) is 0 Å². The minimum absolute atomic E-state index is 0.304. The van der Waals surface area contributed by atoms with Crippen LogP contribution in [0.1, 0.15) is 31.7 Å². The molecular weight excluding hydrogens is 236 g/mol. The van der Waals surface area contributed by atoms with Crippen LogP contribution in [-0.4, -0.2) is 36.5 Å². The zero-order chi connectivity index (χ0) is 13.5. The standard InChI is InChI=1S/C16H24N2O/c1-2-17-15-10-12-18(13-11-15)16(19)9-8-14-6-4-3-5-7-14/h3-7,15,17H,2,8-13H2,1H3. The molecule has 3 nitrogen and oxygen atoms in total. The van der Waals surface area contributed by atoms with Crippen molar-refractivity contribution in [3.8, 4) is 0 Å². The van der Waals surface area contributed by atoms with Crippen LogP contribution in [0.4, 0.5) is 0 Å². The number of amides is 1. The maximum Gasteiger partial charge on any atom is 0.222 e. The largest absolute Gasteiger partial charge is 0.343 e. The van der Waals surface area contributed by atoms with Gasteiger partial charge in [0.25, 0.3) is 0 Å². The Kier molecular flexibility index (Phi) is 5.40. The third-order valence-electron chi connectivity index (χ3n) is 3.81. The highest BCUT2D eigenvalue weighted by molar-refractivity contribution is 5.76. The molecule has 1 aromatic carbocycles. The van der Waals surface area contributed by atoms with E-state index in [1.807, 2.05) is 23.1 Å². The predicted molar refractivity (Wildman–Crippen MR) is 78.0 cm³/mol. The number of piperidine rings is 1. The molecule has 3 heteroatoms. The first-order chi connectivity index (χ1) is 9.29. The molecule has 1 fully saturated rings. The van der Waals surface area contributed by atoms with Crippen molar-refractivity contribution < 1.29 is 4.79 Å². The smallest absolute Gasteiger partial charge is 0.222 e. The number of nitrogens with zero attached hydrogens (tertiary/aromatic N) is 1. The molecule has 1 saturated heterocycles. The van der Waals surface area contributed by atoms with Crippen molar-refractivity contribution in [3.63, 3.8) is 0 Å². The van der Waals surface area contributed by atoms with E-state index in [9.17, 15) is 4.79 Å². The first-order valence-corrected chi connectivity index (χ1v) is 7.34. The summed E-state index contributed by atoms with van der Waals surface area (Å²) in [5, 5.41) is 3.46. The van der Waals surface area contributed by atoms with E-state index < -0.39 is 0 Å². The number of hydrogen-bond donors (Lipinski definition) is 1. The average Bonchev–Trinajstić information content (AvgIpc) is 2.47. The molecule has 0 spiro atoms. The molecule has 1 amide bonds. The van der Waals surface area contributed by atoms with Gasteiger partial charge in [-0.15, -0.1) is 0 Å². The molecule has 1 aliphatic rings. The minimum atomic E-state index is 0.304. The summed E-state index contributed by atoms with van der Waals surface area (Å²) in [7, 11) is 0. The molecule has 0 bridgehead atoms. The van der Waals surface area contributed by atoms with E-state index in [1.165, 1.54) is 5.56 Å². The van der Waals surface area contributed by atoms with Crippen LogP contribution in [0.15, 0.2) is 30.3 Å². The van der Waals surface area contributed by atoms with Crippen molar-refractivity contribution in [2.45, 2.75) is 38.6 Å². The van der Waals surface area contributed by atoms with Gasteiger partial charge in [-0.1, -0.05) is 37.3 Å². The molecule has 1 N–H and O–H groups in total. The second kappa shape index (κ2) is 7.29. The van der Waals surface area contributed by atoms with Crippen molar-refractivity contribution in [3.05, 3.63) is 35.9 Å². The molecule has 2 rings (SSSR count). The summed E-state index contributed by atoms with van der Waals surface area (Å²) in [5.41, 5.74) is 1.25. The summed E-state index contributed by atoms with van der Waals surface area (Å²) >= 11 is 0. The van der Waals surface area contributed by atoms with Crippen molar-refractivity contribution in [1.82, 2.24) is 10.2 Å². The highest BCUT2D eigenvalue weighted by Gasteiger charge is 2.21. The average molecular weight is 260 g/mol. The van der Waals surface area contributed by atoms with Crippen LogP contribution in [-0.2, 0) is 11.2 Å². The van der Waals surface area contributed by atoms with E-state index in [4.69, 9.17) is 0 Å². The highest BCUT2D eigenvalue weighted by Crippen LogP contribution is 2.12. The maximum atomic E-state index is 12.1. The Labute approximate surface area is 116 Å². The van der Waals surface area contributed by atoms with Gasteiger partial charge in [0.2, 0.25) is 5.91 Å². The number of carbonyl (C=O) groups excluding carboxylic acids is 1. The fourth-order valence-corrected chi connectivity index (χ4v) is 2.68. The summed E-state index contributed by atoms with van der Waals surface area (Å²) in [6.07, 6.45) is 3.67.